The van der Waals surface area contributed by atoms with Gasteiger partial charge in [-0.25, -0.2) is 4.39 Å². The van der Waals surface area contributed by atoms with Crippen molar-refractivity contribution in [3.63, 3.8) is 0 Å². The van der Waals surface area contributed by atoms with Crippen LogP contribution in [0.3, 0.4) is 0 Å². The van der Waals surface area contributed by atoms with Crippen molar-refractivity contribution in [1.29, 1.82) is 0 Å². The van der Waals surface area contributed by atoms with Gasteiger partial charge in [-0.2, -0.15) is 0 Å². The van der Waals surface area contributed by atoms with Gasteiger partial charge < -0.3 is 0 Å². The molecule has 0 spiro atoms. The van der Waals surface area contributed by atoms with Gasteiger partial charge in [0.2, 0.25) is 0 Å². The van der Waals surface area contributed by atoms with E-state index >= 15 is 0 Å². The minimum Gasteiger partial charge on any atom is -0.207 e. The zero-order valence-corrected chi connectivity index (χ0v) is 12.0. The van der Waals surface area contributed by atoms with E-state index in [2.05, 4.69) is 55.5 Å². The van der Waals surface area contributed by atoms with Crippen molar-refractivity contribution in [2.24, 2.45) is 0 Å². The third-order valence-electron chi connectivity index (χ3n) is 3.76. The molecule has 0 aliphatic rings. The van der Waals surface area contributed by atoms with Crippen LogP contribution in [0.25, 0.3) is 22.3 Å². The van der Waals surface area contributed by atoms with Gasteiger partial charge in [0.1, 0.15) is 5.82 Å². The lowest BCUT2D eigenvalue weighted by atomic mass is 9.99. The van der Waals surface area contributed by atoms with Gasteiger partial charge in [-0.05, 0) is 46.4 Å². The predicted molar refractivity (Wildman–Crippen MR) is 86.7 cm³/mol. The van der Waals surface area contributed by atoms with E-state index in [9.17, 15) is 4.39 Å². The Balaban J connectivity index is 1.87. The monoisotopic (exact) mass is 276 g/mol. The lowest BCUT2D eigenvalue weighted by Crippen LogP contribution is -1.83. The predicted octanol–water partition coefficient (Wildman–Crippen LogP) is 5.72. The molecule has 0 aromatic heterocycles. The molecule has 3 aromatic carbocycles. The number of benzene rings is 3. The van der Waals surface area contributed by atoms with Crippen molar-refractivity contribution in [3.05, 3.63) is 84.2 Å². The summed E-state index contributed by atoms with van der Waals surface area (Å²) >= 11 is 0. The average molecular weight is 276 g/mol. The van der Waals surface area contributed by atoms with Crippen LogP contribution in [-0.4, -0.2) is 0 Å². The quantitative estimate of drug-likeness (QED) is 0.573. The largest absolute Gasteiger partial charge is 0.207 e. The zero-order chi connectivity index (χ0) is 14.7. The maximum Gasteiger partial charge on any atom is 0.123 e. The molecule has 0 aliphatic carbocycles. The van der Waals surface area contributed by atoms with E-state index in [-0.39, 0.29) is 5.82 Å². The van der Waals surface area contributed by atoms with E-state index in [4.69, 9.17) is 0 Å². The second-order valence-electron chi connectivity index (χ2n) is 5.13. The SMILES string of the molecule is CCc1ccc(-c2ccc(-c3ccc(F)cc3)cc2)cc1. The first-order valence-corrected chi connectivity index (χ1v) is 7.21. The summed E-state index contributed by atoms with van der Waals surface area (Å²) in [5, 5.41) is 0. The first-order valence-electron chi connectivity index (χ1n) is 7.21. The molecule has 0 saturated carbocycles. The smallest absolute Gasteiger partial charge is 0.123 e. The maximum absolute atomic E-state index is 12.9. The Kier molecular flexibility index (Phi) is 3.83. The number of aryl methyl sites for hydroxylation is 1. The van der Waals surface area contributed by atoms with Gasteiger partial charge in [-0.15, -0.1) is 0 Å². The minimum atomic E-state index is -0.202. The van der Waals surface area contributed by atoms with Crippen molar-refractivity contribution < 1.29 is 4.39 Å². The molecule has 104 valence electrons. The number of hydrogen-bond acceptors (Lipinski definition) is 0. The summed E-state index contributed by atoms with van der Waals surface area (Å²) < 4.78 is 12.9. The first-order chi connectivity index (χ1) is 10.3. The molecule has 0 radical (unpaired) electrons. The molecule has 21 heavy (non-hydrogen) atoms. The second kappa shape index (κ2) is 5.92. The van der Waals surface area contributed by atoms with Gasteiger partial charge in [0.15, 0.2) is 0 Å². The van der Waals surface area contributed by atoms with E-state index in [1.54, 1.807) is 12.1 Å². The van der Waals surface area contributed by atoms with Crippen LogP contribution >= 0.6 is 0 Å². The molecule has 0 saturated heterocycles. The van der Waals surface area contributed by atoms with Gasteiger partial charge in [-0.1, -0.05) is 67.6 Å². The highest BCUT2D eigenvalue weighted by molar-refractivity contribution is 5.70. The van der Waals surface area contributed by atoms with Gasteiger partial charge in [0.25, 0.3) is 0 Å². The highest BCUT2D eigenvalue weighted by Crippen LogP contribution is 2.25. The molecule has 0 fully saturated rings. The Labute approximate surface area is 124 Å². The summed E-state index contributed by atoms with van der Waals surface area (Å²) in [5.74, 6) is -0.202. The highest BCUT2D eigenvalue weighted by atomic mass is 19.1. The number of halogens is 1. The molecule has 0 unspecified atom stereocenters. The van der Waals surface area contributed by atoms with Gasteiger partial charge in [0.05, 0.1) is 0 Å². The summed E-state index contributed by atoms with van der Waals surface area (Å²) in [6.45, 7) is 2.16. The van der Waals surface area contributed by atoms with Crippen molar-refractivity contribution in [1.82, 2.24) is 0 Å². The van der Waals surface area contributed by atoms with Crippen LogP contribution in [0.1, 0.15) is 12.5 Å². The summed E-state index contributed by atoms with van der Waals surface area (Å²) in [4.78, 5) is 0. The van der Waals surface area contributed by atoms with Gasteiger partial charge >= 0.3 is 0 Å². The molecular formula is C20H17F. The van der Waals surface area contributed by atoms with Crippen molar-refractivity contribution in [3.8, 4) is 22.3 Å². The third kappa shape index (κ3) is 3.03. The summed E-state index contributed by atoms with van der Waals surface area (Å²) in [7, 11) is 0. The fraction of sp³-hybridized carbons (Fsp3) is 0.100. The Bertz CT molecular complexity index is 707. The fourth-order valence-electron chi connectivity index (χ4n) is 2.43. The molecular weight excluding hydrogens is 259 g/mol. The van der Waals surface area contributed by atoms with Crippen molar-refractivity contribution in [2.75, 3.05) is 0 Å². The molecule has 3 aromatic rings. The number of rotatable bonds is 3. The summed E-state index contributed by atoms with van der Waals surface area (Å²) in [6, 6.07) is 23.6. The van der Waals surface area contributed by atoms with Crippen LogP contribution in [0.4, 0.5) is 4.39 Å². The van der Waals surface area contributed by atoms with Crippen LogP contribution in [0, 0.1) is 5.82 Å². The van der Waals surface area contributed by atoms with Crippen LogP contribution in [0.2, 0.25) is 0 Å². The molecule has 1 heteroatoms. The van der Waals surface area contributed by atoms with Crippen LogP contribution in [0.15, 0.2) is 72.8 Å². The molecule has 0 bridgehead atoms. The van der Waals surface area contributed by atoms with Gasteiger partial charge in [-0.3, -0.25) is 0 Å². The molecule has 0 amide bonds. The number of hydrogen-bond donors (Lipinski definition) is 0. The Morgan fingerprint density at radius 3 is 1.29 bits per heavy atom. The van der Waals surface area contributed by atoms with Gasteiger partial charge in [0, 0.05) is 0 Å². The van der Waals surface area contributed by atoms with E-state index in [0.29, 0.717) is 0 Å². The molecule has 0 atom stereocenters. The second-order valence-corrected chi connectivity index (χ2v) is 5.13. The fourth-order valence-corrected chi connectivity index (χ4v) is 2.43. The minimum absolute atomic E-state index is 0.202. The Morgan fingerprint density at radius 2 is 0.905 bits per heavy atom. The molecule has 0 heterocycles. The topological polar surface area (TPSA) is 0 Å². The average Bonchev–Trinajstić information content (AvgIpc) is 2.56. The standard InChI is InChI=1S/C20H17F/c1-2-15-3-5-16(6-4-15)17-7-9-18(10-8-17)19-11-13-20(21)14-12-19/h3-14H,2H2,1H3. The van der Waals surface area contributed by atoms with E-state index < -0.39 is 0 Å². The lowest BCUT2D eigenvalue weighted by Gasteiger charge is -2.06. The summed E-state index contributed by atoms with van der Waals surface area (Å²) in [6.07, 6.45) is 1.06. The zero-order valence-electron chi connectivity index (χ0n) is 12.0. The van der Waals surface area contributed by atoms with Crippen molar-refractivity contribution in [2.45, 2.75) is 13.3 Å². The van der Waals surface area contributed by atoms with E-state index in [0.717, 1.165) is 17.5 Å². The molecule has 3 rings (SSSR count). The molecule has 0 nitrogen and oxygen atoms in total. The van der Waals surface area contributed by atoms with Crippen LogP contribution in [-0.2, 0) is 6.42 Å². The Morgan fingerprint density at radius 1 is 0.571 bits per heavy atom. The molecule has 0 N–H and O–H groups in total. The van der Waals surface area contributed by atoms with Crippen LogP contribution in [0.5, 0.6) is 0 Å². The highest BCUT2D eigenvalue weighted by Gasteiger charge is 2.01. The maximum atomic E-state index is 12.9. The van der Waals surface area contributed by atoms with E-state index in [1.165, 1.54) is 28.8 Å². The third-order valence-corrected chi connectivity index (χ3v) is 3.76. The molecule has 0 aliphatic heterocycles. The van der Waals surface area contributed by atoms with Crippen molar-refractivity contribution >= 4 is 0 Å². The Hall–Kier alpha value is -2.41. The van der Waals surface area contributed by atoms with E-state index in [1.807, 2.05) is 0 Å². The van der Waals surface area contributed by atoms with Crippen LogP contribution < -0.4 is 0 Å². The normalized spacial score (nSPS) is 10.6. The lowest BCUT2D eigenvalue weighted by molar-refractivity contribution is 0.628. The summed E-state index contributed by atoms with van der Waals surface area (Å²) in [5.41, 5.74) is 5.90. The first kappa shape index (κ1) is 13.6.